The molecule has 0 bridgehead atoms. The lowest BCUT2D eigenvalue weighted by atomic mass is 10.2. The molecule has 0 aliphatic heterocycles. The quantitative estimate of drug-likeness (QED) is 0.871. The third kappa shape index (κ3) is 2.82. The first kappa shape index (κ1) is 11.6. The van der Waals surface area contributed by atoms with E-state index in [-0.39, 0.29) is 5.91 Å². The summed E-state index contributed by atoms with van der Waals surface area (Å²) in [5.74, 6) is -0.253. The third-order valence-corrected chi connectivity index (χ3v) is 2.54. The van der Waals surface area contributed by atoms with Crippen LogP contribution in [0.5, 0.6) is 0 Å². The number of H-pyrrole nitrogens is 1. The fraction of sp³-hybridized carbons (Fsp3) is 0.182. The van der Waals surface area contributed by atoms with Gasteiger partial charge < -0.3 is 10.3 Å². The van der Waals surface area contributed by atoms with Crippen LogP contribution in [0.25, 0.3) is 0 Å². The van der Waals surface area contributed by atoms with E-state index in [4.69, 9.17) is 11.6 Å². The molecule has 88 valence electrons. The number of aromatic nitrogens is 3. The lowest BCUT2D eigenvalue weighted by molar-refractivity contribution is 0.0950. The van der Waals surface area contributed by atoms with Crippen molar-refractivity contribution in [3.05, 3.63) is 46.8 Å². The molecule has 2 rings (SSSR count). The minimum atomic E-state index is -0.253. The molecule has 0 unspecified atom stereocenters. The highest BCUT2D eigenvalue weighted by molar-refractivity contribution is 6.33. The standard InChI is InChI=1S/C11H11ClN4O/c1-7-2-10(12)9(5-14-7)11(17)15-4-8-3-13-6-16-8/h2-3,5-6H,4H2,1H3,(H,13,16)(H,15,17). The zero-order valence-electron chi connectivity index (χ0n) is 9.20. The summed E-state index contributed by atoms with van der Waals surface area (Å²) in [5, 5.41) is 3.13. The van der Waals surface area contributed by atoms with Gasteiger partial charge in [-0.15, -0.1) is 0 Å². The molecule has 2 N–H and O–H groups in total. The number of hydrogen-bond donors (Lipinski definition) is 2. The van der Waals surface area contributed by atoms with Gasteiger partial charge in [0, 0.05) is 18.1 Å². The second-order valence-electron chi connectivity index (χ2n) is 3.57. The maximum absolute atomic E-state index is 11.8. The van der Waals surface area contributed by atoms with E-state index in [9.17, 15) is 4.79 Å². The van der Waals surface area contributed by atoms with Gasteiger partial charge in [-0.2, -0.15) is 0 Å². The summed E-state index contributed by atoms with van der Waals surface area (Å²) < 4.78 is 0. The Morgan fingerprint density at radius 3 is 3.00 bits per heavy atom. The number of nitrogens with zero attached hydrogens (tertiary/aromatic N) is 2. The van der Waals surface area contributed by atoms with Gasteiger partial charge in [-0.25, -0.2) is 4.98 Å². The predicted octanol–water partition coefficient (Wildman–Crippen LogP) is 1.70. The Labute approximate surface area is 103 Å². The summed E-state index contributed by atoms with van der Waals surface area (Å²) >= 11 is 5.96. The topological polar surface area (TPSA) is 70.7 Å². The summed E-state index contributed by atoms with van der Waals surface area (Å²) in [6.45, 7) is 2.20. The SMILES string of the molecule is Cc1cc(Cl)c(C(=O)NCc2cnc[nH]2)cn1. The Morgan fingerprint density at radius 1 is 1.53 bits per heavy atom. The van der Waals surface area contributed by atoms with Gasteiger partial charge in [0.2, 0.25) is 0 Å². The van der Waals surface area contributed by atoms with Crippen molar-refractivity contribution in [2.24, 2.45) is 0 Å². The average molecular weight is 251 g/mol. The van der Waals surface area contributed by atoms with Gasteiger partial charge in [-0.05, 0) is 13.0 Å². The van der Waals surface area contributed by atoms with E-state index in [0.717, 1.165) is 11.4 Å². The molecule has 2 heterocycles. The predicted molar refractivity (Wildman–Crippen MR) is 63.7 cm³/mol. The minimum Gasteiger partial charge on any atom is -0.347 e. The lowest BCUT2D eigenvalue weighted by Gasteiger charge is -2.05. The van der Waals surface area contributed by atoms with E-state index in [0.29, 0.717) is 17.1 Å². The molecule has 0 aromatic carbocycles. The molecule has 0 aliphatic rings. The number of aromatic amines is 1. The van der Waals surface area contributed by atoms with E-state index in [2.05, 4.69) is 20.3 Å². The highest BCUT2D eigenvalue weighted by Gasteiger charge is 2.10. The van der Waals surface area contributed by atoms with E-state index in [1.807, 2.05) is 6.92 Å². The molecular formula is C11H11ClN4O. The summed E-state index contributed by atoms with van der Waals surface area (Å²) in [6, 6.07) is 1.66. The number of nitrogens with one attached hydrogen (secondary N) is 2. The molecule has 0 radical (unpaired) electrons. The zero-order chi connectivity index (χ0) is 12.3. The molecule has 0 fully saturated rings. The maximum atomic E-state index is 11.8. The number of imidazole rings is 1. The van der Waals surface area contributed by atoms with Gasteiger partial charge in [0.05, 0.1) is 29.2 Å². The van der Waals surface area contributed by atoms with Crippen LogP contribution in [0.2, 0.25) is 5.02 Å². The second kappa shape index (κ2) is 4.97. The van der Waals surface area contributed by atoms with Crippen LogP contribution >= 0.6 is 11.6 Å². The molecule has 6 heteroatoms. The first-order valence-electron chi connectivity index (χ1n) is 5.04. The van der Waals surface area contributed by atoms with Crippen LogP contribution in [0.15, 0.2) is 24.8 Å². The Bertz CT molecular complexity index is 524. The summed E-state index contributed by atoms with van der Waals surface area (Å²) in [4.78, 5) is 22.6. The van der Waals surface area contributed by atoms with E-state index < -0.39 is 0 Å². The molecule has 2 aromatic rings. The van der Waals surface area contributed by atoms with Crippen LogP contribution in [0.3, 0.4) is 0 Å². The highest BCUT2D eigenvalue weighted by Crippen LogP contribution is 2.15. The number of hydrogen-bond acceptors (Lipinski definition) is 3. The Hall–Kier alpha value is -1.88. The van der Waals surface area contributed by atoms with E-state index in [1.54, 1.807) is 18.6 Å². The fourth-order valence-electron chi connectivity index (χ4n) is 1.35. The van der Waals surface area contributed by atoms with Crippen molar-refractivity contribution >= 4 is 17.5 Å². The molecule has 0 spiro atoms. The maximum Gasteiger partial charge on any atom is 0.254 e. The van der Waals surface area contributed by atoms with Crippen molar-refractivity contribution < 1.29 is 4.79 Å². The van der Waals surface area contributed by atoms with Crippen LogP contribution in [-0.4, -0.2) is 20.9 Å². The number of aryl methyl sites for hydroxylation is 1. The molecule has 0 aliphatic carbocycles. The normalized spacial score (nSPS) is 10.2. The molecular weight excluding hydrogens is 240 g/mol. The van der Waals surface area contributed by atoms with Crippen LogP contribution in [0.4, 0.5) is 0 Å². The van der Waals surface area contributed by atoms with Crippen LogP contribution < -0.4 is 5.32 Å². The number of halogens is 1. The van der Waals surface area contributed by atoms with Crippen molar-refractivity contribution in [2.75, 3.05) is 0 Å². The first-order chi connectivity index (χ1) is 8.16. The zero-order valence-corrected chi connectivity index (χ0v) is 9.95. The van der Waals surface area contributed by atoms with Gasteiger partial charge in [-0.1, -0.05) is 11.6 Å². The first-order valence-corrected chi connectivity index (χ1v) is 5.42. The van der Waals surface area contributed by atoms with Gasteiger partial charge in [0.25, 0.3) is 5.91 Å². The number of amides is 1. The van der Waals surface area contributed by atoms with Crippen molar-refractivity contribution in [2.45, 2.75) is 13.5 Å². The molecule has 0 saturated carbocycles. The van der Waals surface area contributed by atoms with Crippen LogP contribution in [-0.2, 0) is 6.54 Å². The van der Waals surface area contributed by atoms with Gasteiger partial charge in [0.15, 0.2) is 0 Å². The number of rotatable bonds is 3. The highest BCUT2D eigenvalue weighted by atomic mass is 35.5. The number of pyridine rings is 1. The van der Waals surface area contributed by atoms with Gasteiger partial charge in [0.1, 0.15) is 0 Å². The van der Waals surface area contributed by atoms with Crippen molar-refractivity contribution in [3.63, 3.8) is 0 Å². The van der Waals surface area contributed by atoms with E-state index in [1.165, 1.54) is 6.20 Å². The second-order valence-corrected chi connectivity index (χ2v) is 3.97. The van der Waals surface area contributed by atoms with Crippen molar-refractivity contribution in [1.82, 2.24) is 20.3 Å². The molecule has 0 atom stereocenters. The van der Waals surface area contributed by atoms with Crippen molar-refractivity contribution in [1.29, 1.82) is 0 Å². The number of carbonyl (C=O) groups excluding carboxylic acids is 1. The lowest BCUT2D eigenvalue weighted by Crippen LogP contribution is -2.23. The van der Waals surface area contributed by atoms with Crippen LogP contribution in [0, 0.1) is 6.92 Å². The Balaban J connectivity index is 2.04. The van der Waals surface area contributed by atoms with Crippen molar-refractivity contribution in [3.8, 4) is 0 Å². The Kier molecular flexibility index (Phi) is 3.39. The summed E-state index contributed by atoms with van der Waals surface area (Å²) in [6.07, 6.45) is 4.68. The molecule has 17 heavy (non-hydrogen) atoms. The molecule has 1 amide bonds. The number of carbonyl (C=O) groups is 1. The summed E-state index contributed by atoms with van der Waals surface area (Å²) in [5.41, 5.74) is 1.98. The van der Waals surface area contributed by atoms with Crippen LogP contribution in [0.1, 0.15) is 21.7 Å². The van der Waals surface area contributed by atoms with Gasteiger partial charge in [-0.3, -0.25) is 9.78 Å². The fourth-order valence-corrected chi connectivity index (χ4v) is 1.64. The largest absolute Gasteiger partial charge is 0.347 e. The minimum absolute atomic E-state index is 0.253. The monoisotopic (exact) mass is 250 g/mol. The average Bonchev–Trinajstić information content (AvgIpc) is 2.78. The molecule has 5 nitrogen and oxygen atoms in total. The molecule has 2 aromatic heterocycles. The van der Waals surface area contributed by atoms with Gasteiger partial charge >= 0.3 is 0 Å². The van der Waals surface area contributed by atoms with E-state index >= 15 is 0 Å². The summed E-state index contributed by atoms with van der Waals surface area (Å²) in [7, 11) is 0. The Morgan fingerprint density at radius 2 is 2.35 bits per heavy atom. The smallest absolute Gasteiger partial charge is 0.254 e. The third-order valence-electron chi connectivity index (χ3n) is 2.23. The molecule has 0 saturated heterocycles.